The van der Waals surface area contributed by atoms with E-state index in [1.54, 1.807) is 0 Å². The first kappa shape index (κ1) is 15.9. The predicted octanol–water partition coefficient (Wildman–Crippen LogP) is -2.45. The molecule has 0 aliphatic rings. The van der Waals surface area contributed by atoms with Crippen molar-refractivity contribution >= 4 is 11.9 Å². The Morgan fingerprint density at radius 2 is 1.29 bits per heavy atom. The Balaban J connectivity index is 0.000000284. The normalized spacial score (nSPS) is 8.47. The molecule has 0 saturated carbocycles. The maximum Gasteiger partial charge on any atom is 2.00 e. The number of nitrogens with zero attached hydrogens (tertiary/aromatic N) is 2. The molecule has 0 unspecified atom stereocenters. The first-order valence-corrected chi connectivity index (χ1v) is 4.02. The summed E-state index contributed by atoms with van der Waals surface area (Å²) in [5.41, 5.74) is 0.00926. The third-order valence-corrected chi connectivity index (χ3v) is 1.44. The largest absolute Gasteiger partial charge is 2.00 e. The van der Waals surface area contributed by atoms with Crippen molar-refractivity contribution in [3.05, 3.63) is 35.9 Å². The molecular weight excluding hydrogens is 368 g/mol. The van der Waals surface area contributed by atoms with E-state index in [9.17, 15) is 19.8 Å². The summed E-state index contributed by atoms with van der Waals surface area (Å²) in [6.07, 6.45) is 2.70. The second-order valence-electron chi connectivity index (χ2n) is 2.52. The SMILES string of the molecule is O=C([O-])c1ccn[nH]1.O=C([O-])c1ccn[nH]1.[Eu+2]. The zero-order chi connectivity index (χ0) is 12.0. The third-order valence-electron chi connectivity index (χ3n) is 1.44. The summed E-state index contributed by atoms with van der Waals surface area (Å²) in [5, 5.41) is 31.0. The summed E-state index contributed by atoms with van der Waals surface area (Å²) in [6, 6.07) is 2.66. The van der Waals surface area contributed by atoms with Gasteiger partial charge < -0.3 is 19.8 Å². The van der Waals surface area contributed by atoms with E-state index in [0.29, 0.717) is 0 Å². The number of carboxylic acid groups (broad SMARTS) is 2. The number of carboxylic acids is 2. The number of nitrogens with one attached hydrogen (secondary N) is 2. The van der Waals surface area contributed by atoms with Crippen molar-refractivity contribution in [2.45, 2.75) is 0 Å². The maximum atomic E-state index is 9.88. The second kappa shape index (κ2) is 8.10. The minimum absolute atomic E-state index is 0. The number of rotatable bonds is 2. The fourth-order valence-electron chi connectivity index (χ4n) is 0.739. The summed E-state index contributed by atoms with van der Waals surface area (Å²) in [4.78, 5) is 19.8. The molecule has 0 atom stereocenters. The summed E-state index contributed by atoms with van der Waals surface area (Å²) in [6.45, 7) is 0. The summed E-state index contributed by atoms with van der Waals surface area (Å²) in [7, 11) is 0. The predicted molar refractivity (Wildman–Crippen MR) is 45.8 cm³/mol. The summed E-state index contributed by atoms with van der Waals surface area (Å²) in [5.74, 6) is -2.47. The van der Waals surface area contributed by atoms with E-state index in [1.165, 1.54) is 24.5 Å². The number of hydrogen-bond donors (Lipinski definition) is 2. The molecule has 2 aromatic heterocycles. The van der Waals surface area contributed by atoms with Crippen molar-refractivity contribution in [2.75, 3.05) is 0 Å². The molecular formula is C8H6EuN4O4. The smallest absolute Gasteiger partial charge is 0.543 e. The van der Waals surface area contributed by atoms with Gasteiger partial charge in [0.25, 0.3) is 0 Å². The average Bonchev–Trinajstić information content (AvgIpc) is 2.93. The first-order chi connectivity index (χ1) is 7.61. The Bertz CT molecular complexity index is 410. The Labute approximate surface area is 136 Å². The van der Waals surface area contributed by atoms with Gasteiger partial charge in [0.05, 0.1) is 23.3 Å². The fraction of sp³-hybridized carbons (Fsp3) is 0. The minimum atomic E-state index is -1.23. The number of H-pyrrole nitrogens is 2. The van der Waals surface area contributed by atoms with Crippen LogP contribution in [0.2, 0.25) is 0 Å². The molecule has 0 fully saturated rings. The van der Waals surface area contributed by atoms with E-state index < -0.39 is 11.9 Å². The Morgan fingerprint density at radius 1 is 0.941 bits per heavy atom. The Hall–Kier alpha value is -1.06. The number of hydrogen-bond acceptors (Lipinski definition) is 6. The number of carbonyl (C=O) groups excluding carboxylic acids is 2. The molecule has 0 aliphatic carbocycles. The van der Waals surface area contributed by atoms with Gasteiger partial charge in [0.2, 0.25) is 0 Å². The minimum Gasteiger partial charge on any atom is -0.543 e. The fourth-order valence-corrected chi connectivity index (χ4v) is 0.739. The van der Waals surface area contributed by atoms with Crippen molar-refractivity contribution in [1.29, 1.82) is 0 Å². The first-order valence-electron chi connectivity index (χ1n) is 4.02. The van der Waals surface area contributed by atoms with Gasteiger partial charge in [0, 0.05) is 12.4 Å². The average molecular weight is 374 g/mol. The molecule has 1 radical (unpaired) electrons. The van der Waals surface area contributed by atoms with E-state index in [1.807, 2.05) is 0 Å². The van der Waals surface area contributed by atoms with E-state index in [0.717, 1.165) is 0 Å². The molecule has 2 N–H and O–H groups in total. The van der Waals surface area contributed by atoms with Gasteiger partial charge in [-0.2, -0.15) is 10.2 Å². The molecule has 0 saturated heterocycles. The van der Waals surface area contributed by atoms with Crippen LogP contribution < -0.4 is 10.2 Å². The van der Waals surface area contributed by atoms with Crippen LogP contribution in [0.1, 0.15) is 21.0 Å². The van der Waals surface area contributed by atoms with Crippen LogP contribution in [-0.4, -0.2) is 32.3 Å². The Morgan fingerprint density at radius 3 is 1.41 bits per heavy atom. The second-order valence-corrected chi connectivity index (χ2v) is 2.52. The molecule has 0 aromatic carbocycles. The summed E-state index contributed by atoms with van der Waals surface area (Å²) < 4.78 is 0. The van der Waals surface area contributed by atoms with Gasteiger partial charge in [-0.15, -0.1) is 0 Å². The van der Waals surface area contributed by atoms with E-state index >= 15 is 0 Å². The number of carbonyl (C=O) groups is 2. The number of aromatic amines is 2. The van der Waals surface area contributed by atoms with Gasteiger partial charge in [-0.25, -0.2) is 0 Å². The van der Waals surface area contributed by atoms with Gasteiger partial charge in [-0.05, 0) is 12.1 Å². The molecule has 0 amide bonds. The monoisotopic (exact) mass is 375 g/mol. The Kier molecular flexibility index (Phi) is 7.59. The quantitative estimate of drug-likeness (QED) is 0.599. The molecule has 2 aromatic rings. The molecule has 2 heterocycles. The van der Waals surface area contributed by atoms with E-state index in [-0.39, 0.29) is 60.8 Å². The van der Waals surface area contributed by atoms with Gasteiger partial charge in [0.1, 0.15) is 0 Å². The topological polar surface area (TPSA) is 138 Å². The van der Waals surface area contributed by atoms with Crippen LogP contribution in [0.3, 0.4) is 0 Å². The van der Waals surface area contributed by atoms with Gasteiger partial charge in [-0.3, -0.25) is 10.2 Å². The number of aromatic carboxylic acids is 2. The third kappa shape index (κ3) is 5.71. The van der Waals surface area contributed by atoms with Gasteiger partial charge in [-0.1, -0.05) is 0 Å². The van der Waals surface area contributed by atoms with Crippen molar-refractivity contribution < 1.29 is 69.2 Å². The molecule has 9 heteroatoms. The van der Waals surface area contributed by atoms with Crippen LogP contribution in [0, 0.1) is 49.4 Å². The molecule has 17 heavy (non-hydrogen) atoms. The van der Waals surface area contributed by atoms with Crippen LogP contribution in [0.25, 0.3) is 0 Å². The molecule has 0 bridgehead atoms. The van der Waals surface area contributed by atoms with Crippen molar-refractivity contribution in [2.24, 2.45) is 0 Å². The molecule has 0 spiro atoms. The van der Waals surface area contributed by atoms with E-state index in [2.05, 4.69) is 20.4 Å². The zero-order valence-corrected chi connectivity index (χ0v) is 10.6. The van der Waals surface area contributed by atoms with E-state index in [4.69, 9.17) is 0 Å². The van der Waals surface area contributed by atoms with Gasteiger partial charge in [0.15, 0.2) is 0 Å². The molecule has 89 valence electrons. The maximum absolute atomic E-state index is 9.88. The summed E-state index contributed by atoms with van der Waals surface area (Å²) >= 11 is 0. The van der Waals surface area contributed by atoms with Crippen LogP contribution >= 0.6 is 0 Å². The number of aromatic nitrogens is 4. The molecule has 0 aliphatic heterocycles. The van der Waals surface area contributed by atoms with Crippen LogP contribution in [0.15, 0.2) is 24.5 Å². The standard InChI is InChI=1S/2C4H4N2O2.Eu/c2*7-4(8)3-1-2-5-6-3;/h2*1-2H,(H,5,6)(H,7,8);/q;;+2/p-2. The van der Waals surface area contributed by atoms with Crippen LogP contribution in [0.5, 0.6) is 0 Å². The molecule has 8 nitrogen and oxygen atoms in total. The van der Waals surface area contributed by atoms with Crippen molar-refractivity contribution in [1.82, 2.24) is 20.4 Å². The van der Waals surface area contributed by atoms with Crippen LogP contribution in [0.4, 0.5) is 0 Å². The zero-order valence-electron chi connectivity index (χ0n) is 8.21. The van der Waals surface area contributed by atoms with Crippen molar-refractivity contribution in [3.8, 4) is 0 Å². The van der Waals surface area contributed by atoms with Crippen molar-refractivity contribution in [3.63, 3.8) is 0 Å². The molecule has 2 rings (SSSR count). The van der Waals surface area contributed by atoms with Crippen LogP contribution in [-0.2, 0) is 0 Å². The van der Waals surface area contributed by atoms with Gasteiger partial charge >= 0.3 is 49.4 Å².